The molecular formula is C52H34N4. The van der Waals surface area contributed by atoms with Crippen molar-refractivity contribution in [3.63, 3.8) is 0 Å². The Morgan fingerprint density at radius 2 is 0.964 bits per heavy atom. The lowest BCUT2D eigenvalue weighted by Gasteiger charge is -2.30. The fourth-order valence-electron chi connectivity index (χ4n) is 9.78. The third kappa shape index (κ3) is 4.24. The summed E-state index contributed by atoms with van der Waals surface area (Å²) in [5.74, 6) is 1.62. The summed E-state index contributed by atoms with van der Waals surface area (Å²) in [7, 11) is 0. The molecule has 262 valence electrons. The Labute approximate surface area is 324 Å². The number of hydrogen-bond acceptors (Lipinski definition) is 3. The van der Waals surface area contributed by atoms with Gasteiger partial charge in [-0.25, -0.2) is 9.98 Å². The predicted molar refractivity (Wildman–Crippen MR) is 229 cm³/mol. The van der Waals surface area contributed by atoms with Crippen LogP contribution in [0.15, 0.2) is 204 Å². The fraction of sp³-hybridized carbons (Fsp3) is 0.0385. The van der Waals surface area contributed by atoms with Crippen LogP contribution in [0, 0.1) is 0 Å². The Hall–Kier alpha value is -7.30. The van der Waals surface area contributed by atoms with Crippen molar-refractivity contribution in [2.24, 2.45) is 9.98 Å². The molecule has 1 unspecified atom stereocenters. The van der Waals surface area contributed by atoms with Crippen molar-refractivity contribution < 1.29 is 0 Å². The molecule has 1 aliphatic heterocycles. The van der Waals surface area contributed by atoms with E-state index in [-0.39, 0.29) is 6.17 Å². The molecule has 9 aromatic rings. The van der Waals surface area contributed by atoms with E-state index in [0.717, 1.165) is 34.0 Å². The quantitative estimate of drug-likeness (QED) is 0.194. The number of aliphatic imine (C=N–C) groups is 2. The van der Waals surface area contributed by atoms with Gasteiger partial charge in [-0.1, -0.05) is 164 Å². The molecule has 0 saturated carbocycles. The standard InChI is InChI=1S/C52H34N4/c1-3-15-33(16-4-1)49-53-50(34-17-5-2-6-18-34)55-51(54-49)35-27-29-36(30-28-35)56-46-26-14-10-21-39(46)40-31-32-45-47(48(40)56)41-22-9-13-25-44(41)52(45)42-23-11-7-19-37(42)38-20-8-12-24-43(38)52/h1-32,49H,(H,53,54,55). The molecule has 0 saturated heterocycles. The molecule has 4 nitrogen and oxygen atoms in total. The number of benzene rings is 8. The van der Waals surface area contributed by atoms with Crippen LogP contribution in [-0.2, 0) is 5.41 Å². The van der Waals surface area contributed by atoms with Crippen LogP contribution in [0.4, 0.5) is 0 Å². The molecule has 1 atom stereocenters. The first kappa shape index (κ1) is 31.1. The van der Waals surface area contributed by atoms with Crippen LogP contribution < -0.4 is 5.32 Å². The van der Waals surface area contributed by atoms with E-state index in [2.05, 4.69) is 168 Å². The van der Waals surface area contributed by atoms with Gasteiger partial charge in [0.2, 0.25) is 0 Å². The molecule has 1 spiro atoms. The minimum absolute atomic E-state index is 0.347. The number of hydrogen-bond donors (Lipinski definition) is 1. The van der Waals surface area contributed by atoms with E-state index in [9.17, 15) is 0 Å². The van der Waals surface area contributed by atoms with Crippen molar-refractivity contribution in [1.29, 1.82) is 0 Å². The highest BCUT2D eigenvalue weighted by molar-refractivity contribution is 6.18. The number of aromatic nitrogens is 1. The van der Waals surface area contributed by atoms with Gasteiger partial charge in [0.25, 0.3) is 0 Å². The van der Waals surface area contributed by atoms with Crippen molar-refractivity contribution >= 4 is 33.5 Å². The summed E-state index contributed by atoms with van der Waals surface area (Å²) in [6.07, 6.45) is -0.347. The van der Waals surface area contributed by atoms with Crippen molar-refractivity contribution in [3.8, 4) is 27.9 Å². The number of para-hydroxylation sites is 1. The van der Waals surface area contributed by atoms with Gasteiger partial charge in [0, 0.05) is 33.2 Å². The third-order valence-electron chi connectivity index (χ3n) is 12.1. The molecular weight excluding hydrogens is 681 g/mol. The summed E-state index contributed by atoms with van der Waals surface area (Å²) < 4.78 is 2.48. The van der Waals surface area contributed by atoms with Crippen LogP contribution in [0.2, 0.25) is 0 Å². The van der Waals surface area contributed by atoms with Crippen molar-refractivity contribution in [2.75, 3.05) is 0 Å². The topological polar surface area (TPSA) is 41.7 Å². The van der Waals surface area contributed by atoms with E-state index in [1.807, 2.05) is 36.4 Å². The average molecular weight is 715 g/mol. The van der Waals surface area contributed by atoms with E-state index in [1.165, 1.54) is 66.3 Å². The Morgan fingerprint density at radius 1 is 0.429 bits per heavy atom. The maximum Gasteiger partial charge on any atom is 0.169 e. The summed E-state index contributed by atoms with van der Waals surface area (Å²) >= 11 is 0. The molecule has 1 N–H and O–H groups in total. The first-order valence-corrected chi connectivity index (χ1v) is 19.3. The Balaban J connectivity index is 1.06. The molecule has 12 rings (SSSR count). The van der Waals surface area contributed by atoms with Crippen LogP contribution in [-0.4, -0.2) is 16.2 Å². The zero-order valence-electron chi connectivity index (χ0n) is 30.4. The normalized spacial score (nSPS) is 15.8. The fourth-order valence-corrected chi connectivity index (χ4v) is 9.78. The molecule has 0 bridgehead atoms. The van der Waals surface area contributed by atoms with Gasteiger partial charge in [0.15, 0.2) is 6.17 Å². The van der Waals surface area contributed by atoms with Gasteiger partial charge in [-0.3, -0.25) is 0 Å². The molecule has 0 fully saturated rings. The largest absolute Gasteiger partial charge is 0.324 e. The summed E-state index contributed by atoms with van der Waals surface area (Å²) in [4.78, 5) is 10.2. The molecule has 56 heavy (non-hydrogen) atoms. The van der Waals surface area contributed by atoms with Crippen LogP contribution in [0.5, 0.6) is 0 Å². The highest BCUT2D eigenvalue weighted by atomic mass is 15.2. The molecule has 8 aromatic carbocycles. The van der Waals surface area contributed by atoms with Gasteiger partial charge >= 0.3 is 0 Å². The number of fused-ring (bicyclic) bond motifs is 14. The monoisotopic (exact) mass is 714 g/mol. The molecule has 3 aliphatic rings. The molecule has 2 aliphatic carbocycles. The molecule has 2 heterocycles. The van der Waals surface area contributed by atoms with E-state index >= 15 is 0 Å². The Kier molecular flexibility index (Phi) is 6.58. The number of amidine groups is 2. The number of rotatable bonds is 4. The minimum atomic E-state index is -0.406. The number of nitrogens with zero attached hydrogens (tertiary/aromatic N) is 3. The van der Waals surface area contributed by atoms with Crippen molar-refractivity contribution in [1.82, 2.24) is 9.88 Å². The maximum atomic E-state index is 5.15. The lowest BCUT2D eigenvalue weighted by atomic mass is 9.70. The van der Waals surface area contributed by atoms with Gasteiger partial charge in [-0.2, -0.15) is 0 Å². The maximum absolute atomic E-state index is 5.15. The van der Waals surface area contributed by atoms with Gasteiger partial charge in [-0.05, 0) is 74.8 Å². The minimum Gasteiger partial charge on any atom is -0.324 e. The van der Waals surface area contributed by atoms with Gasteiger partial charge in [0.05, 0.1) is 16.4 Å². The third-order valence-corrected chi connectivity index (χ3v) is 12.1. The summed E-state index contributed by atoms with van der Waals surface area (Å²) in [6.45, 7) is 0. The number of nitrogens with one attached hydrogen (secondary N) is 1. The van der Waals surface area contributed by atoms with E-state index in [0.29, 0.717) is 0 Å². The first-order chi connectivity index (χ1) is 27.8. The zero-order valence-corrected chi connectivity index (χ0v) is 30.4. The van der Waals surface area contributed by atoms with Crippen LogP contribution in [0.25, 0.3) is 49.7 Å². The smallest absolute Gasteiger partial charge is 0.169 e. The van der Waals surface area contributed by atoms with Gasteiger partial charge in [0.1, 0.15) is 11.7 Å². The van der Waals surface area contributed by atoms with Crippen LogP contribution >= 0.6 is 0 Å². The molecule has 1 aromatic heterocycles. The van der Waals surface area contributed by atoms with Crippen LogP contribution in [0.3, 0.4) is 0 Å². The highest BCUT2D eigenvalue weighted by Crippen LogP contribution is 2.64. The van der Waals surface area contributed by atoms with E-state index in [4.69, 9.17) is 9.98 Å². The Bertz CT molecular complexity index is 3050. The van der Waals surface area contributed by atoms with Gasteiger partial charge in [-0.15, -0.1) is 0 Å². The van der Waals surface area contributed by atoms with Crippen molar-refractivity contribution in [2.45, 2.75) is 11.6 Å². The van der Waals surface area contributed by atoms with E-state index in [1.54, 1.807) is 0 Å². The summed E-state index contributed by atoms with van der Waals surface area (Å²) in [6, 6.07) is 70.2. The van der Waals surface area contributed by atoms with E-state index < -0.39 is 5.41 Å². The highest BCUT2D eigenvalue weighted by Gasteiger charge is 2.52. The predicted octanol–water partition coefficient (Wildman–Crippen LogP) is 11.6. The van der Waals surface area contributed by atoms with Crippen molar-refractivity contribution in [3.05, 3.63) is 233 Å². The summed E-state index contributed by atoms with van der Waals surface area (Å²) in [5.41, 5.74) is 16.8. The second-order valence-corrected chi connectivity index (χ2v) is 14.9. The Morgan fingerprint density at radius 3 is 1.64 bits per heavy atom. The zero-order chi connectivity index (χ0) is 36.8. The first-order valence-electron chi connectivity index (χ1n) is 19.3. The SMILES string of the molecule is c1ccc(C2=NC(c3ccccc3)N=C(c3ccc(-n4c5ccccc5c5ccc6c(c54)-c4ccccc4C64c5ccccc5-c5ccccc54)cc3)N2)cc1. The molecule has 0 radical (unpaired) electrons. The second kappa shape index (κ2) is 11.8. The van der Waals surface area contributed by atoms with Crippen LogP contribution in [0.1, 0.15) is 45.1 Å². The summed E-state index contributed by atoms with van der Waals surface area (Å²) in [5, 5.41) is 6.08. The van der Waals surface area contributed by atoms with Gasteiger partial charge < -0.3 is 9.88 Å². The second-order valence-electron chi connectivity index (χ2n) is 14.9. The molecule has 0 amide bonds. The lowest BCUT2D eigenvalue weighted by molar-refractivity contribution is 0.756. The molecule has 4 heteroatoms. The lowest BCUT2D eigenvalue weighted by Crippen LogP contribution is -2.36. The average Bonchev–Trinajstić information content (AvgIpc) is 3.89.